The molecular weight excluding hydrogens is 677 g/mol. The molecule has 8 nitrogen and oxygen atoms in total. The van der Waals surface area contributed by atoms with E-state index in [1.54, 1.807) is 72.8 Å². The number of benzene rings is 4. The predicted octanol–water partition coefficient (Wildman–Crippen LogP) is 11.5. The molecular formula is C46H58N2O6. The largest absolute Gasteiger partial charge is 0.494 e. The molecule has 288 valence electrons. The van der Waals surface area contributed by atoms with Crippen molar-refractivity contribution >= 4 is 18.1 Å². The molecule has 0 aliphatic carbocycles. The summed E-state index contributed by atoms with van der Waals surface area (Å²) >= 11 is 0. The highest BCUT2D eigenvalue weighted by Gasteiger charge is 2.10. The number of unbranched alkanes of at least 4 members (excludes halogenated alkanes) is 12. The lowest BCUT2D eigenvalue weighted by Crippen LogP contribution is -2.17. The maximum Gasteiger partial charge on any atom is 0.343 e. The Morgan fingerprint density at radius 2 is 0.963 bits per heavy atom. The van der Waals surface area contributed by atoms with Crippen LogP contribution in [0.2, 0.25) is 0 Å². The summed E-state index contributed by atoms with van der Waals surface area (Å²) in [7, 11) is 0. The van der Waals surface area contributed by atoms with Crippen molar-refractivity contribution in [3.05, 3.63) is 119 Å². The summed E-state index contributed by atoms with van der Waals surface area (Å²) in [6.45, 7) is 6.29. The van der Waals surface area contributed by atoms with E-state index in [0.717, 1.165) is 42.1 Å². The van der Waals surface area contributed by atoms with Gasteiger partial charge < -0.3 is 18.9 Å². The SMILES string of the molecule is CCCCCCCCCCOc1ccc(COc2ccc(C(=O)N/N=C/c3ccc(OC(=O)c4ccc(OCCCCCCCC)cc4)cc3)cc2)cc1. The Bertz CT molecular complexity index is 1650. The highest BCUT2D eigenvalue weighted by atomic mass is 16.5. The molecule has 4 aromatic rings. The molecule has 0 aliphatic heterocycles. The van der Waals surface area contributed by atoms with Gasteiger partial charge in [0.1, 0.15) is 29.6 Å². The first-order chi connectivity index (χ1) is 26.5. The van der Waals surface area contributed by atoms with E-state index in [1.165, 1.54) is 83.3 Å². The highest BCUT2D eigenvalue weighted by molar-refractivity contribution is 5.95. The van der Waals surface area contributed by atoms with Gasteiger partial charge in [0.2, 0.25) is 0 Å². The minimum absolute atomic E-state index is 0.343. The summed E-state index contributed by atoms with van der Waals surface area (Å²) in [5.74, 6) is 1.89. The third-order valence-electron chi connectivity index (χ3n) is 9.04. The van der Waals surface area contributed by atoms with Crippen LogP contribution in [0.3, 0.4) is 0 Å². The van der Waals surface area contributed by atoms with Crippen LogP contribution in [0, 0.1) is 0 Å². The van der Waals surface area contributed by atoms with Crippen molar-refractivity contribution < 1.29 is 28.5 Å². The first kappa shape index (κ1) is 41.6. The van der Waals surface area contributed by atoms with Crippen molar-refractivity contribution in [1.82, 2.24) is 5.43 Å². The molecule has 0 aliphatic rings. The summed E-state index contributed by atoms with van der Waals surface area (Å²) < 4.78 is 23.1. The second kappa shape index (κ2) is 25.0. The van der Waals surface area contributed by atoms with Crippen molar-refractivity contribution in [2.24, 2.45) is 5.10 Å². The van der Waals surface area contributed by atoms with Crippen LogP contribution in [-0.2, 0) is 6.61 Å². The molecule has 1 amide bonds. The van der Waals surface area contributed by atoms with Crippen molar-refractivity contribution in [3.63, 3.8) is 0 Å². The number of hydrogen-bond donors (Lipinski definition) is 1. The van der Waals surface area contributed by atoms with Gasteiger partial charge in [-0.25, -0.2) is 10.2 Å². The molecule has 0 aromatic heterocycles. The number of hydrogen-bond acceptors (Lipinski definition) is 7. The van der Waals surface area contributed by atoms with Gasteiger partial charge in [-0.15, -0.1) is 0 Å². The van der Waals surface area contributed by atoms with Gasteiger partial charge >= 0.3 is 5.97 Å². The number of rotatable bonds is 26. The molecule has 0 bridgehead atoms. The minimum atomic E-state index is -0.453. The third-order valence-corrected chi connectivity index (χ3v) is 9.04. The Morgan fingerprint density at radius 3 is 1.50 bits per heavy atom. The molecule has 0 heterocycles. The van der Waals surface area contributed by atoms with Crippen molar-refractivity contribution in [2.75, 3.05) is 13.2 Å². The van der Waals surface area contributed by atoms with Gasteiger partial charge in [-0.05, 0) is 109 Å². The van der Waals surface area contributed by atoms with Crippen LogP contribution in [-0.4, -0.2) is 31.3 Å². The molecule has 54 heavy (non-hydrogen) atoms. The van der Waals surface area contributed by atoms with Crippen molar-refractivity contribution in [1.29, 1.82) is 0 Å². The van der Waals surface area contributed by atoms with E-state index >= 15 is 0 Å². The molecule has 0 saturated heterocycles. The number of nitrogens with zero attached hydrogens (tertiary/aromatic N) is 1. The molecule has 4 rings (SSSR count). The number of nitrogens with one attached hydrogen (secondary N) is 1. The van der Waals surface area contributed by atoms with E-state index in [9.17, 15) is 9.59 Å². The number of hydrazone groups is 1. The Labute approximate surface area is 322 Å². The number of amides is 1. The zero-order valence-electron chi connectivity index (χ0n) is 32.2. The number of ether oxygens (including phenoxy) is 4. The molecule has 0 radical (unpaired) electrons. The van der Waals surface area contributed by atoms with E-state index in [0.29, 0.717) is 35.8 Å². The van der Waals surface area contributed by atoms with E-state index in [-0.39, 0.29) is 5.91 Å². The number of carbonyl (C=O) groups is 2. The van der Waals surface area contributed by atoms with Crippen LogP contribution in [0.1, 0.15) is 136 Å². The maximum absolute atomic E-state index is 12.6. The average Bonchev–Trinajstić information content (AvgIpc) is 3.20. The van der Waals surface area contributed by atoms with Gasteiger partial charge in [-0.1, -0.05) is 103 Å². The summed E-state index contributed by atoms with van der Waals surface area (Å²) in [6.07, 6.45) is 19.0. The van der Waals surface area contributed by atoms with Crippen LogP contribution in [0.5, 0.6) is 23.0 Å². The smallest absolute Gasteiger partial charge is 0.343 e. The first-order valence-electron chi connectivity index (χ1n) is 19.9. The number of esters is 1. The normalized spacial score (nSPS) is 11.0. The number of carbonyl (C=O) groups excluding carboxylic acids is 2. The van der Waals surface area contributed by atoms with Gasteiger partial charge in [0.05, 0.1) is 25.0 Å². The van der Waals surface area contributed by atoms with E-state index in [2.05, 4.69) is 24.4 Å². The molecule has 0 fully saturated rings. The van der Waals surface area contributed by atoms with Crippen LogP contribution in [0.4, 0.5) is 0 Å². The summed E-state index contributed by atoms with van der Waals surface area (Å²) in [5, 5.41) is 4.07. The van der Waals surface area contributed by atoms with E-state index in [1.807, 2.05) is 24.3 Å². The molecule has 4 aromatic carbocycles. The Morgan fingerprint density at radius 1 is 0.519 bits per heavy atom. The van der Waals surface area contributed by atoms with Gasteiger partial charge in [0.25, 0.3) is 5.91 Å². The zero-order valence-corrected chi connectivity index (χ0v) is 32.2. The Hall–Kier alpha value is -5.11. The first-order valence-corrected chi connectivity index (χ1v) is 19.9. The van der Waals surface area contributed by atoms with E-state index in [4.69, 9.17) is 18.9 Å². The predicted molar refractivity (Wildman–Crippen MR) is 217 cm³/mol. The lowest BCUT2D eigenvalue weighted by atomic mass is 10.1. The van der Waals surface area contributed by atoms with Crippen LogP contribution in [0.25, 0.3) is 0 Å². The lowest BCUT2D eigenvalue weighted by molar-refractivity contribution is 0.0734. The molecule has 0 spiro atoms. The molecule has 0 saturated carbocycles. The quantitative estimate of drug-likeness (QED) is 0.0227. The monoisotopic (exact) mass is 734 g/mol. The maximum atomic E-state index is 12.6. The second-order valence-corrected chi connectivity index (χ2v) is 13.6. The summed E-state index contributed by atoms with van der Waals surface area (Å²) in [5.41, 5.74) is 5.20. The summed E-state index contributed by atoms with van der Waals surface area (Å²) in [4.78, 5) is 25.3. The fourth-order valence-corrected chi connectivity index (χ4v) is 5.75. The fourth-order valence-electron chi connectivity index (χ4n) is 5.75. The third kappa shape index (κ3) is 16.3. The molecule has 0 unspecified atom stereocenters. The second-order valence-electron chi connectivity index (χ2n) is 13.6. The van der Waals surface area contributed by atoms with Gasteiger partial charge in [0, 0.05) is 5.56 Å². The van der Waals surface area contributed by atoms with Gasteiger partial charge in [0.15, 0.2) is 0 Å². The summed E-state index contributed by atoms with van der Waals surface area (Å²) in [6, 6.07) is 28.8. The van der Waals surface area contributed by atoms with Crippen molar-refractivity contribution in [3.8, 4) is 23.0 Å². The highest BCUT2D eigenvalue weighted by Crippen LogP contribution is 2.19. The average molecular weight is 735 g/mol. The van der Waals surface area contributed by atoms with Crippen LogP contribution < -0.4 is 24.4 Å². The van der Waals surface area contributed by atoms with Crippen LogP contribution >= 0.6 is 0 Å². The van der Waals surface area contributed by atoms with Gasteiger partial charge in [-0.3, -0.25) is 4.79 Å². The van der Waals surface area contributed by atoms with Crippen molar-refractivity contribution in [2.45, 2.75) is 110 Å². The van der Waals surface area contributed by atoms with E-state index < -0.39 is 5.97 Å². The lowest BCUT2D eigenvalue weighted by Gasteiger charge is -2.09. The fraction of sp³-hybridized carbons (Fsp3) is 0.413. The minimum Gasteiger partial charge on any atom is -0.494 e. The topological polar surface area (TPSA) is 95.5 Å². The Balaban J connectivity index is 1.10. The molecule has 0 atom stereocenters. The zero-order chi connectivity index (χ0) is 38.1. The molecule has 1 N–H and O–H groups in total. The van der Waals surface area contributed by atoms with Gasteiger partial charge in [-0.2, -0.15) is 5.10 Å². The molecule has 8 heteroatoms. The standard InChI is InChI=1S/C46H58N2O6/c1-3-5-7-9-11-12-14-16-33-51-41-25-19-38(20-26-41)36-53-43-29-21-39(22-30-43)45(49)48-47-35-37-17-27-44(28-18-37)54-46(50)40-23-31-42(32-24-40)52-34-15-13-10-8-6-4-2/h17-32,35H,3-16,33-34,36H2,1-2H3,(H,48,49)/b47-35+. The Kier molecular flexibility index (Phi) is 19.3. The van der Waals surface area contributed by atoms with Crippen LogP contribution in [0.15, 0.2) is 102 Å².